The molecule has 0 heterocycles. The van der Waals surface area contributed by atoms with Crippen molar-refractivity contribution in [2.24, 2.45) is 16.0 Å². The number of benzene rings is 1. The molecule has 0 aliphatic carbocycles. The van der Waals surface area contributed by atoms with E-state index in [0.717, 1.165) is 6.07 Å². The summed E-state index contributed by atoms with van der Waals surface area (Å²) in [5.74, 6) is -0.582. The molecule has 7 N–H and O–H groups in total. The van der Waals surface area contributed by atoms with E-state index in [2.05, 4.69) is 5.32 Å². The maximum atomic E-state index is 11.5. The van der Waals surface area contributed by atoms with Crippen LogP contribution >= 0.6 is 11.6 Å². The molecule has 0 atom stereocenters. The number of sulfonamides is 2. The second-order valence-corrected chi connectivity index (χ2v) is 7.42. The lowest BCUT2D eigenvalue weighted by Gasteiger charge is -2.12. The van der Waals surface area contributed by atoms with Gasteiger partial charge in [0.25, 0.3) is 0 Å². The molecule has 0 saturated carbocycles. The Labute approximate surface area is 126 Å². The summed E-state index contributed by atoms with van der Waals surface area (Å²) in [5.41, 5.74) is 4.94. The van der Waals surface area contributed by atoms with Gasteiger partial charge >= 0.3 is 0 Å². The van der Waals surface area contributed by atoms with Gasteiger partial charge in [-0.05, 0) is 12.1 Å². The van der Waals surface area contributed by atoms with Crippen LogP contribution in [0.25, 0.3) is 0 Å². The zero-order valence-corrected chi connectivity index (χ0v) is 12.9. The molecular weight excluding hydrogens is 344 g/mol. The monoisotopic (exact) mass is 356 g/mol. The van der Waals surface area contributed by atoms with Crippen LogP contribution < -0.4 is 21.3 Å². The van der Waals surface area contributed by atoms with Gasteiger partial charge in [0.2, 0.25) is 26.0 Å². The second-order valence-electron chi connectivity index (χ2n) is 3.96. The van der Waals surface area contributed by atoms with Gasteiger partial charge < -0.3 is 11.1 Å². The molecule has 0 aliphatic heterocycles. The summed E-state index contributed by atoms with van der Waals surface area (Å²) in [6.07, 6.45) is -0.0708. The van der Waals surface area contributed by atoms with Gasteiger partial charge in [-0.2, -0.15) is 0 Å². The van der Waals surface area contributed by atoms with Crippen LogP contribution in [-0.2, 0) is 24.8 Å². The van der Waals surface area contributed by atoms with Crippen LogP contribution in [0.3, 0.4) is 0 Å². The van der Waals surface area contributed by atoms with E-state index < -0.39 is 35.7 Å². The Hall–Kier alpha value is -1.24. The van der Waals surface area contributed by atoms with E-state index in [-0.39, 0.29) is 23.7 Å². The summed E-state index contributed by atoms with van der Waals surface area (Å²) in [6.45, 7) is 0.0412. The number of primary sulfonamides is 2. The third-order valence-electron chi connectivity index (χ3n) is 2.29. The summed E-state index contributed by atoms with van der Waals surface area (Å²) in [4.78, 5) is 10.2. The molecule has 0 radical (unpaired) electrons. The number of nitrogens with two attached hydrogens (primary N) is 3. The van der Waals surface area contributed by atoms with E-state index >= 15 is 0 Å². The summed E-state index contributed by atoms with van der Waals surface area (Å²) in [7, 11) is -8.57. The number of halogens is 1. The van der Waals surface area contributed by atoms with Gasteiger partial charge in [-0.1, -0.05) is 11.6 Å². The normalized spacial score (nSPS) is 12.2. The number of hydrogen-bond donors (Lipinski definition) is 4. The fourth-order valence-corrected chi connectivity index (χ4v) is 3.30. The lowest BCUT2D eigenvalue weighted by Crippen LogP contribution is -2.21. The van der Waals surface area contributed by atoms with Crippen LogP contribution in [0, 0.1) is 0 Å². The number of anilines is 1. The Bertz CT molecular complexity index is 776. The maximum absolute atomic E-state index is 11.5. The van der Waals surface area contributed by atoms with Gasteiger partial charge in [-0.25, -0.2) is 27.1 Å². The molecule has 1 aromatic carbocycles. The Morgan fingerprint density at radius 1 is 1.10 bits per heavy atom. The number of carbonyl (C=O) groups excluding carboxylic acids is 1. The molecule has 12 heteroatoms. The molecule has 21 heavy (non-hydrogen) atoms. The number of carbonyl (C=O) groups is 1. The van der Waals surface area contributed by atoms with Crippen molar-refractivity contribution in [3.05, 3.63) is 17.2 Å². The molecular formula is C9H13ClN4O5S2. The minimum atomic E-state index is -4.32. The fraction of sp³-hybridized carbons (Fsp3) is 0.222. The van der Waals surface area contributed by atoms with Gasteiger partial charge in [0, 0.05) is 13.0 Å². The lowest BCUT2D eigenvalue weighted by molar-refractivity contribution is -0.116. The highest BCUT2D eigenvalue weighted by Crippen LogP contribution is 2.30. The maximum Gasteiger partial charge on any atom is 0.240 e. The van der Waals surface area contributed by atoms with Crippen LogP contribution in [0.1, 0.15) is 6.42 Å². The van der Waals surface area contributed by atoms with Crippen molar-refractivity contribution in [3.8, 4) is 0 Å². The highest BCUT2D eigenvalue weighted by molar-refractivity contribution is 7.90. The van der Waals surface area contributed by atoms with E-state index in [1.54, 1.807) is 0 Å². The van der Waals surface area contributed by atoms with Crippen LogP contribution in [-0.4, -0.2) is 29.3 Å². The first-order chi connectivity index (χ1) is 9.46. The molecule has 0 aliphatic rings. The molecule has 0 aromatic heterocycles. The largest absolute Gasteiger partial charge is 0.330 e. The standard InChI is InChI=1S/C9H13ClN4O5S2/c10-5-3-6(14-9(15)1-2-11)8(21(13,18)19)4-7(5)20(12,16)17/h3-4H,1-2,11H2,(H,14,15)(H2,12,16,17)(H2,13,18,19). The van der Waals surface area contributed by atoms with Crippen molar-refractivity contribution in [1.29, 1.82) is 0 Å². The van der Waals surface area contributed by atoms with Gasteiger partial charge in [0.05, 0.1) is 10.7 Å². The van der Waals surface area contributed by atoms with Crippen molar-refractivity contribution in [2.75, 3.05) is 11.9 Å². The number of hydrogen-bond acceptors (Lipinski definition) is 6. The Morgan fingerprint density at radius 3 is 2.05 bits per heavy atom. The zero-order valence-electron chi connectivity index (χ0n) is 10.5. The van der Waals surface area contributed by atoms with Gasteiger partial charge in [0.15, 0.2) is 0 Å². The van der Waals surface area contributed by atoms with Gasteiger partial charge in [-0.15, -0.1) is 0 Å². The molecule has 9 nitrogen and oxygen atoms in total. The quantitative estimate of drug-likeness (QED) is 0.521. The number of amides is 1. The van der Waals surface area contributed by atoms with Crippen molar-refractivity contribution in [3.63, 3.8) is 0 Å². The van der Waals surface area contributed by atoms with Crippen LogP contribution in [0.2, 0.25) is 5.02 Å². The summed E-state index contributed by atoms with van der Waals surface area (Å²) in [5, 5.41) is 11.8. The minimum Gasteiger partial charge on any atom is -0.330 e. The molecule has 1 amide bonds. The summed E-state index contributed by atoms with van der Waals surface area (Å²) < 4.78 is 45.7. The topological polar surface area (TPSA) is 175 Å². The summed E-state index contributed by atoms with van der Waals surface area (Å²) >= 11 is 5.73. The molecule has 0 bridgehead atoms. The van der Waals surface area contributed by atoms with Crippen molar-refractivity contribution >= 4 is 43.2 Å². The van der Waals surface area contributed by atoms with Gasteiger partial charge in [-0.3, -0.25) is 4.79 Å². The SMILES string of the molecule is NCCC(=O)Nc1cc(Cl)c(S(N)(=O)=O)cc1S(N)(=O)=O. The van der Waals surface area contributed by atoms with E-state index in [1.807, 2.05) is 0 Å². The van der Waals surface area contributed by atoms with Crippen LogP contribution in [0.15, 0.2) is 21.9 Å². The second kappa shape index (κ2) is 6.25. The molecule has 118 valence electrons. The smallest absolute Gasteiger partial charge is 0.240 e. The molecule has 1 rings (SSSR count). The first-order valence-corrected chi connectivity index (χ1v) is 8.83. The Balaban J connectivity index is 3.52. The summed E-state index contributed by atoms with van der Waals surface area (Å²) in [6, 6.07) is 1.63. The predicted molar refractivity (Wildman–Crippen MR) is 76.5 cm³/mol. The first kappa shape index (κ1) is 17.8. The average Bonchev–Trinajstić information content (AvgIpc) is 2.25. The molecule has 0 saturated heterocycles. The predicted octanol–water partition coefficient (Wildman–Crippen LogP) is -1.08. The lowest BCUT2D eigenvalue weighted by atomic mass is 10.3. The molecule has 0 spiro atoms. The third kappa shape index (κ3) is 4.62. The first-order valence-electron chi connectivity index (χ1n) is 5.36. The average molecular weight is 357 g/mol. The van der Waals surface area contributed by atoms with Crippen LogP contribution in [0.4, 0.5) is 5.69 Å². The van der Waals surface area contributed by atoms with Crippen LogP contribution in [0.5, 0.6) is 0 Å². The highest BCUT2D eigenvalue weighted by atomic mass is 35.5. The Kier molecular flexibility index (Phi) is 5.30. The number of nitrogens with one attached hydrogen (secondary N) is 1. The Morgan fingerprint density at radius 2 is 1.62 bits per heavy atom. The van der Waals surface area contributed by atoms with Crippen molar-refractivity contribution in [2.45, 2.75) is 16.2 Å². The zero-order chi connectivity index (χ0) is 16.4. The van der Waals surface area contributed by atoms with E-state index in [0.29, 0.717) is 6.07 Å². The minimum absolute atomic E-state index is 0.0412. The fourth-order valence-electron chi connectivity index (χ4n) is 1.43. The van der Waals surface area contributed by atoms with E-state index in [4.69, 9.17) is 27.6 Å². The molecule has 0 unspecified atom stereocenters. The number of rotatable bonds is 5. The third-order valence-corrected chi connectivity index (χ3v) is 4.62. The molecule has 1 aromatic rings. The molecule has 0 fully saturated rings. The highest BCUT2D eigenvalue weighted by Gasteiger charge is 2.23. The van der Waals surface area contributed by atoms with E-state index in [9.17, 15) is 21.6 Å². The van der Waals surface area contributed by atoms with E-state index in [1.165, 1.54) is 0 Å². The van der Waals surface area contributed by atoms with Gasteiger partial charge in [0.1, 0.15) is 9.79 Å². The van der Waals surface area contributed by atoms with Crippen molar-refractivity contribution in [1.82, 2.24) is 0 Å². The van der Waals surface area contributed by atoms with Crippen molar-refractivity contribution < 1.29 is 21.6 Å².